The summed E-state index contributed by atoms with van der Waals surface area (Å²) in [5.41, 5.74) is 1.45. The van der Waals surface area contributed by atoms with E-state index in [-0.39, 0.29) is 0 Å². The molecule has 0 saturated heterocycles. The number of hydrogen-bond donors (Lipinski definition) is 0. The van der Waals surface area contributed by atoms with Crippen LogP contribution < -0.4 is 0 Å². The second kappa shape index (κ2) is 7.20. The molecule has 1 aliphatic carbocycles. The summed E-state index contributed by atoms with van der Waals surface area (Å²) in [5, 5.41) is 0. The first-order chi connectivity index (χ1) is 9.92. The summed E-state index contributed by atoms with van der Waals surface area (Å²) in [6.45, 7) is 6.97. The number of ketones is 1. The predicted molar refractivity (Wildman–Crippen MR) is 87.1 cm³/mol. The van der Waals surface area contributed by atoms with Crippen LogP contribution in [0.5, 0.6) is 0 Å². The largest absolute Gasteiger partial charge is 0.299 e. The molecule has 2 rings (SSSR count). The van der Waals surface area contributed by atoms with Crippen molar-refractivity contribution in [1.82, 2.24) is 4.98 Å². The van der Waals surface area contributed by atoms with Crippen LogP contribution in [0.2, 0.25) is 0 Å². The van der Waals surface area contributed by atoms with Crippen LogP contribution in [0.4, 0.5) is 0 Å². The Morgan fingerprint density at radius 1 is 1.29 bits per heavy atom. The van der Waals surface area contributed by atoms with Crippen LogP contribution in [0, 0.1) is 17.3 Å². The Bertz CT molecular complexity index is 446. The van der Waals surface area contributed by atoms with E-state index in [2.05, 4.69) is 25.8 Å². The van der Waals surface area contributed by atoms with Crippen molar-refractivity contribution in [2.24, 2.45) is 17.3 Å². The topological polar surface area (TPSA) is 30.0 Å². The molecule has 2 heteroatoms. The maximum absolute atomic E-state index is 12.2. The van der Waals surface area contributed by atoms with Gasteiger partial charge in [-0.2, -0.15) is 0 Å². The molecule has 0 radical (unpaired) electrons. The van der Waals surface area contributed by atoms with E-state index < -0.39 is 0 Å². The zero-order valence-corrected chi connectivity index (χ0v) is 13.8. The number of hydrogen-bond acceptors (Lipinski definition) is 2. The van der Waals surface area contributed by atoms with Crippen molar-refractivity contribution in [1.29, 1.82) is 0 Å². The van der Waals surface area contributed by atoms with E-state index in [0.29, 0.717) is 23.5 Å². The molecular formula is C19H29NO. The van der Waals surface area contributed by atoms with Gasteiger partial charge in [0.1, 0.15) is 5.78 Å². The molecule has 116 valence electrons. The van der Waals surface area contributed by atoms with Gasteiger partial charge in [-0.1, -0.05) is 46.1 Å². The number of carbonyl (C=O) groups excluding carboxylic acids is 1. The van der Waals surface area contributed by atoms with E-state index in [9.17, 15) is 4.79 Å². The Kier molecular flexibility index (Phi) is 5.55. The molecule has 1 aromatic heterocycles. The van der Waals surface area contributed by atoms with Gasteiger partial charge in [-0.25, -0.2) is 0 Å². The van der Waals surface area contributed by atoms with Gasteiger partial charge in [-0.3, -0.25) is 9.78 Å². The summed E-state index contributed by atoms with van der Waals surface area (Å²) in [4.78, 5) is 16.3. The van der Waals surface area contributed by atoms with Gasteiger partial charge in [-0.05, 0) is 41.7 Å². The molecule has 1 fully saturated rings. The Hall–Kier alpha value is -1.18. The Morgan fingerprint density at radius 3 is 2.71 bits per heavy atom. The number of rotatable bonds is 5. The molecule has 0 aromatic carbocycles. The van der Waals surface area contributed by atoms with Crippen LogP contribution in [-0.4, -0.2) is 10.8 Å². The average Bonchev–Trinajstić information content (AvgIpc) is 2.38. The molecule has 2 nitrogen and oxygen atoms in total. The van der Waals surface area contributed by atoms with E-state index in [1.165, 1.54) is 32.1 Å². The second-order valence-electron chi connectivity index (χ2n) is 7.94. The van der Waals surface area contributed by atoms with E-state index in [0.717, 1.165) is 17.9 Å². The van der Waals surface area contributed by atoms with Crippen molar-refractivity contribution in [3.8, 4) is 0 Å². The number of nitrogens with zero attached hydrogens (tertiary/aromatic N) is 1. The van der Waals surface area contributed by atoms with Gasteiger partial charge in [0.25, 0.3) is 0 Å². The molecule has 21 heavy (non-hydrogen) atoms. The molecule has 0 bridgehead atoms. The minimum atomic E-state index is 0.379. The van der Waals surface area contributed by atoms with Crippen molar-refractivity contribution in [2.45, 2.75) is 65.7 Å². The maximum atomic E-state index is 12.2. The van der Waals surface area contributed by atoms with Gasteiger partial charge < -0.3 is 0 Å². The van der Waals surface area contributed by atoms with Crippen molar-refractivity contribution in [3.05, 3.63) is 30.1 Å². The molecule has 0 spiro atoms. The lowest BCUT2D eigenvalue weighted by atomic mass is 9.73. The van der Waals surface area contributed by atoms with E-state index in [1.54, 1.807) is 12.4 Å². The van der Waals surface area contributed by atoms with Crippen molar-refractivity contribution < 1.29 is 4.79 Å². The summed E-state index contributed by atoms with van der Waals surface area (Å²) >= 11 is 0. The molecule has 0 amide bonds. The Morgan fingerprint density at radius 2 is 2.05 bits per heavy atom. The van der Waals surface area contributed by atoms with E-state index in [1.807, 2.05) is 12.1 Å². The fourth-order valence-corrected chi connectivity index (χ4v) is 3.76. The van der Waals surface area contributed by atoms with Gasteiger partial charge in [0.15, 0.2) is 0 Å². The predicted octanol–water partition coefficient (Wildman–Crippen LogP) is 4.83. The van der Waals surface area contributed by atoms with Gasteiger partial charge in [0, 0.05) is 25.2 Å². The van der Waals surface area contributed by atoms with E-state index in [4.69, 9.17) is 0 Å². The van der Waals surface area contributed by atoms with Crippen LogP contribution in [0.1, 0.15) is 64.9 Å². The number of Topliss-reactive ketones (excluding diaryl/α,β-unsaturated/α-hetero) is 1. The van der Waals surface area contributed by atoms with Crippen molar-refractivity contribution in [3.63, 3.8) is 0 Å². The zero-order chi connectivity index (χ0) is 15.3. The molecule has 2 atom stereocenters. The first kappa shape index (κ1) is 16.2. The number of carbonyl (C=O) groups is 1. The van der Waals surface area contributed by atoms with Crippen LogP contribution in [-0.2, 0) is 11.2 Å². The molecule has 0 N–H and O–H groups in total. The van der Waals surface area contributed by atoms with Crippen LogP contribution >= 0.6 is 0 Å². The number of pyridine rings is 1. The minimum absolute atomic E-state index is 0.379. The minimum Gasteiger partial charge on any atom is -0.299 e. The van der Waals surface area contributed by atoms with Crippen molar-refractivity contribution in [2.75, 3.05) is 0 Å². The lowest BCUT2D eigenvalue weighted by molar-refractivity contribution is -0.119. The molecular weight excluding hydrogens is 258 g/mol. The molecule has 1 saturated carbocycles. The number of aromatic nitrogens is 1. The summed E-state index contributed by atoms with van der Waals surface area (Å²) in [5.74, 6) is 1.80. The summed E-state index contributed by atoms with van der Waals surface area (Å²) in [7, 11) is 0. The van der Waals surface area contributed by atoms with E-state index >= 15 is 0 Å². The molecule has 1 aliphatic rings. The first-order valence-corrected chi connectivity index (χ1v) is 8.33. The fraction of sp³-hybridized carbons (Fsp3) is 0.684. The highest BCUT2D eigenvalue weighted by atomic mass is 16.1. The third-order valence-electron chi connectivity index (χ3n) is 4.43. The maximum Gasteiger partial charge on any atom is 0.137 e. The fourth-order valence-electron chi connectivity index (χ4n) is 3.76. The standard InChI is InChI=1S/C19H29NO/c1-19(2,3)13-16-7-4-6-15(10-16)11-18(21)12-17-8-5-9-20-14-17/h5,8-9,14-16H,4,6-7,10-13H2,1-3H3. The van der Waals surface area contributed by atoms with Crippen molar-refractivity contribution >= 4 is 5.78 Å². The summed E-state index contributed by atoms with van der Waals surface area (Å²) in [6, 6.07) is 3.90. The van der Waals surface area contributed by atoms with Gasteiger partial charge in [0.2, 0.25) is 0 Å². The van der Waals surface area contributed by atoms with Gasteiger partial charge in [0.05, 0.1) is 0 Å². The third kappa shape index (κ3) is 5.99. The average molecular weight is 287 g/mol. The first-order valence-electron chi connectivity index (χ1n) is 8.33. The molecule has 0 aliphatic heterocycles. The molecule has 2 unspecified atom stereocenters. The Balaban J connectivity index is 1.81. The van der Waals surface area contributed by atoms with Gasteiger partial charge in [-0.15, -0.1) is 0 Å². The monoisotopic (exact) mass is 287 g/mol. The SMILES string of the molecule is CC(C)(C)CC1CCCC(CC(=O)Cc2cccnc2)C1. The highest BCUT2D eigenvalue weighted by Gasteiger charge is 2.27. The molecule has 1 heterocycles. The highest BCUT2D eigenvalue weighted by Crippen LogP contribution is 2.38. The van der Waals surface area contributed by atoms with Crippen LogP contribution in [0.15, 0.2) is 24.5 Å². The summed E-state index contributed by atoms with van der Waals surface area (Å²) in [6.07, 6.45) is 11.3. The smallest absolute Gasteiger partial charge is 0.137 e. The second-order valence-corrected chi connectivity index (χ2v) is 7.94. The normalized spacial score (nSPS) is 23.0. The lowest BCUT2D eigenvalue weighted by Gasteiger charge is -2.33. The van der Waals surface area contributed by atoms with Crippen LogP contribution in [0.25, 0.3) is 0 Å². The van der Waals surface area contributed by atoms with Gasteiger partial charge >= 0.3 is 0 Å². The summed E-state index contributed by atoms with van der Waals surface area (Å²) < 4.78 is 0. The lowest BCUT2D eigenvalue weighted by Crippen LogP contribution is -2.22. The Labute approximate surface area is 129 Å². The third-order valence-corrected chi connectivity index (χ3v) is 4.43. The molecule has 1 aromatic rings. The van der Waals surface area contributed by atoms with Crippen LogP contribution in [0.3, 0.4) is 0 Å². The zero-order valence-electron chi connectivity index (χ0n) is 13.8. The highest BCUT2D eigenvalue weighted by molar-refractivity contribution is 5.81. The quantitative estimate of drug-likeness (QED) is 0.776.